The molecule has 5 heteroatoms. The van der Waals surface area contributed by atoms with Gasteiger partial charge in [-0.05, 0) is 25.3 Å². The molecule has 1 saturated heterocycles. The van der Waals surface area contributed by atoms with E-state index in [1.54, 1.807) is 12.4 Å². The van der Waals surface area contributed by atoms with Crippen LogP contribution in [0.3, 0.4) is 0 Å². The average Bonchev–Trinajstić information content (AvgIpc) is 2.81. The lowest BCUT2D eigenvalue weighted by molar-refractivity contribution is 0.536. The molecule has 18 heavy (non-hydrogen) atoms. The third-order valence-electron chi connectivity index (χ3n) is 3.18. The Balaban J connectivity index is 2.13. The molecule has 0 spiro atoms. The van der Waals surface area contributed by atoms with Gasteiger partial charge in [-0.25, -0.2) is 4.98 Å². The molecule has 1 unspecified atom stereocenters. The Kier molecular flexibility index (Phi) is 4.36. The number of hydrogen-bond donors (Lipinski definition) is 2. The van der Waals surface area contributed by atoms with Crippen molar-refractivity contribution in [1.29, 1.82) is 0 Å². The Morgan fingerprint density at radius 2 is 2.39 bits per heavy atom. The third-order valence-corrected chi connectivity index (χ3v) is 3.18. The van der Waals surface area contributed by atoms with Gasteiger partial charge in [-0.15, -0.1) is 0 Å². The van der Waals surface area contributed by atoms with E-state index in [4.69, 9.17) is 0 Å². The highest BCUT2D eigenvalue weighted by molar-refractivity contribution is 5.35. The normalized spacial score (nSPS) is 19.4. The Morgan fingerprint density at radius 1 is 1.56 bits per heavy atom. The van der Waals surface area contributed by atoms with E-state index in [0.29, 0.717) is 17.8 Å². The van der Waals surface area contributed by atoms with E-state index >= 15 is 0 Å². The summed E-state index contributed by atoms with van der Waals surface area (Å²) in [6.07, 6.45) is 5.62. The average molecular weight is 250 g/mol. The summed E-state index contributed by atoms with van der Waals surface area (Å²) in [6, 6.07) is 0.477. The fraction of sp³-hybridized carbons (Fsp3) is 0.692. The lowest BCUT2D eigenvalue weighted by Gasteiger charge is -2.27. The van der Waals surface area contributed by atoms with Crippen LogP contribution >= 0.6 is 0 Å². The Morgan fingerprint density at radius 3 is 3.00 bits per heavy atom. The van der Waals surface area contributed by atoms with E-state index in [9.17, 15) is 4.79 Å². The van der Waals surface area contributed by atoms with Gasteiger partial charge in [-0.3, -0.25) is 4.79 Å². The lowest BCUT2D eigenvalue weighted by atomic mass is 10.1. The standard InChI is InChI=1S/C13H22N4O/c1-10(2)8-17(9-11-4-3-5-14-11)12-13(18)16-7-6-15-12/h6-7,10-11,14H,3-5,8-9H2,1-2H3,(H,16,18). The summed E-state index contributed by atoms with van der Waals surface area (Å²) in [7, 11) is 0. The maximum absolute atomic E-state index is 11.8. The Bertz CT molecular complexity index is 423. The van der Waals surface area contributed by atoms with Crippen molar-refractivity contribution in [2.24, 2.45) is 5.92 Å². The van der Waals surface area contributed by atoms with E-state index in [2.05, 4.69) is 34.0 Å². The number of nitrogens with one attached hydrogen (secondary N) is 2. The highest BCUT2D eigenvalue weighted by Crippen LogP contribution is 2.12. The van der Waals surface area contributed by atoms with Gasteiger partial charge in [0.25, 0.3) is 5.56 Å². The van der Waals surface area contributed by atoms with Crippen LogP contribution in [0.4, 0.5) is 5.82 Å². The summed E-state index contributed by atoms with van der Waals surface area (Å²) in [6.45, 7) is 7.12. The summed E-state index contributed by atoms with van der Waals surface area (Å²) in [5.74, 6) is 1.05. The van der Waals surface area contributed by atoms with Crippen molar-refractivity contribution in [2.45, 2.75) is 32.7 Å². The van der Waals surface area contributed by atoms with Crippen LogP contribution < -0.4 is 15.8 Å². The summed E-state index contributed by atoms with van der Waals surface area (Å²) in [4.78, 5) is 20.9. The number of hydrogen-bond acceptors (Lipinski definition) is 4. The van der Waals surface area contributed by atoms with E-state index < -0.39 is 0 Å². The molecular weight excluding hydrogens is 228 g/mol. The SMILES string of the molecule is CC(C)CN(CC1CCCN1)c1ncc[nH]c1=O. The van der Waals surface area contributed by atoms with E-state index in [-0.39, 0.29) is 5.56 Å². The van der Waals surface area contributed by atoms with Crippen LogP contribution in [0.25, 0.3) is 0 Å². The molecule has 1 atom stereocenters. The summed E-state index contributed by atoms with van der Waals surface area (Å²) in [5, 5.41) is 3.47. The minimum atomic E-state index is -0.101. The minimum Gasteiger partial charge on any atom is -0.350 e. The zero-order valence-corrected chi connectivity index (χ0v) is 11.1. The zero-order chi connectivity index (χ0) is 13.0. The van der Waals surface area contributed by atoms with Crippen molar-refractivity contribution in [3.8, 4) is 0 Å². The van der Waals surface area contributed by atoms with Gasteiger partial charge < -0.3 is 15.2 Å². The highest BCUT2D eigenvalue weighted by atomic mass is 16.1. The van der Waals surface area contributed by atoms with Gasteiger partial charge in [-0.2, -0.15) is 0 Å². The summed E-state index contributed by atoms with van der Waals surface area (Å²) < 4.78 is 0. The molecule has 1 aliphatic heterocycles. The molecule has 2 heterocycles. The first-order chi connectivity index (χ1) is 8.66. The topological polar surface area (TPSA) is 61.0 Å². The molecule has 2 N–H and O–H groups in total. The maximum Gasteiger partial charge on any atom is 0.290 e. The van der Waals surface area contributed by atoms with E-state index in [1.807, 2.05) is 0 Å². The van der Waals surface area contributed by atoms with Gasteiger partial charge in [0.1, 0.15) is 0 Å². The zero-order valence-electron chi connectivity index (χ0n) is 11.1. The molecule has 0 bridgehead atoms. The second-order valence-corrected chi connectivity index (χ2v) is 5.33. The first-order valence-electron chi connectivity index (χ1n) is 6.69. The number of aromatic nitrogens is 2. The molecule has 0 aromatic carbocycles. The third kappa shape index (κ3) is 3.32. The second kappa shape index (κ2) is 6.00. The highest BCUT2D eigenvalue weighted by Gasteiger charge is 2.21. The van der Waals surface area contributed by atoms with Gasteiger partial charge in [0.05, 0.1) is 0 Å². The van der Waals surface area contributed by atoms with Crippen LogP contribution in [0.1, 0.15) is 26.7 Å². The molecule has 0 aliphatic carbocycles. The van der Waals surface area contributed by atoms with Crippen LogP contribution in [0.2, 0.25) is 0 Å². The van der Waals surface area contributed by atoms with Gasteiger partial charge in [0, 0.05) is 31.5 Å². The van der Waals surface area contributed by atoms with Crippen molar-refractivity contribution in [3.63, 3.8) is 0 Å². The molecule has 0 saturated carbocycles. The Hall–Kier alpha value is -1.36. The summed E-state index contributed by atoms with van der Waals surface area (Å²) in [5.41, 5.74) is -0.101. The number of anilines is 1. The van der Waals surface area contributed by atoms with E-state index in [1.165, 1.54) is 12.8 Å². The van der Waals surface area contributed by atoms with Crippen LogP contribution in [0.15, 0.2) is 17.2 Å². The molecule has 0 amide bonds. The largest absolute Gasteiger partial charge is 0.350 e. The number of nitrogens with zero attached hydrogens (tertiary/aromatic N) is 2. The fourth-order valence-corrected chi connectivity index (χ4v) is 2.44. The first kappa shape index (κ1) is 13.1. The molecule has 1 fully saturated rings. The molecule has 1 aromatic heterocycles. The van der Waals surface area contributed by atoms with Gasteiger partial charge in [-0.1, -0.05) is 13.8 Å². The van der Waals surface area contributed by atoms with Crippen LogP contribution in [-0.4, -0.2) is 35.6 Å². The number of rotatable bonds is 5. The van der Waals surface area contributed by atoms with Crippen molar-refractivity contribution >= 4 is 5.82 Å². The molecule has 100 valence electrons. The minimum absolute atomic E-state index is 0.101. The lowest BCUT2D eigenvalue weighted by Crippen LogP contribution is -2.42. The summed E-state index contributed by atoms with van der Waals surface area (Å²) >= 11 is 0. The molecule has 2 rings (SSSR count). The molecule has 0 radical (unpaired) electrons. The molecule has 1 aromatic rings. The van der Waals surface area contributed by atoms with Crippen LogP contribution in [0, 0.1) is 5.92 Å². The van der Waals surface area contributed by atoms with Crippen molar-refractivity contribution in [2.75, 3.05) is 24.5 Å². The first-order valence-corrected chi connectivity index (χ1v) is 6.69. The number of H-pyrrole nitrogens is 1. The van der Waals surface area contributed by atoms with Gasteiger partial charge in [0.2, 0.25) is 0 Å². The van der Waals surface area contributed by atoms with Crippen molar-refractivity contribution in [3.05, 3.63) is 22.7 Å². The molecule has 1 aliphatic rings. The van der Waals surface area contributed by atoms with Crippen molar-refractivity contribution < 1.29 is 0 Å². The second-order valence-electron chi connectivity index (χ2n) is 5.33. The maximum atomic E-state index is 11.8. The monoisotopic (exact) mass is 250 g/mol. The predicted octanol–water partition coefficient (Wildman–Crippen LogP) is 0.984. The fourth-order valence-electron chi connectivity index (χ4n) is 2.44. The van der Waals surface area contributed by atoms with Crippen LogP contribution in [-0.2, 0) is 0 Å². The van der Waals surface area contributed by atoms with E-state index in [0.717, 1.165) is 19.6 Å². The Labute approximate surface area is 108 Å². The van der Waals surface area contributed by atoms with Gasteiger partial charge >= 0.3 is 0 Å². The van der Waals surface area contributed by atoms with Gasteiger partial charge in [0.15, 0.2) is 5.82 Å². The molecule has 5 nitrogen and oxygen atoms in total. The quantitative estimate of drug-likeness (QED) is 0.818. The van der Waals surface area contributed by atoms with Crippen LogP contribution in [0.5, 0.6) is 0 Å². The van der Waals surface area contributed by atoms with Crippen molar-refractivity contribution in [1.82, 2.24) is 15.3 Å². The molecular formula is C13H22N4O. The predicted molar refractivity (Wildman–Crippen MR) is 72.9 cm³/mol. The number of aromatic amines is 1. The smallest absolute Gasteiger partial charge is 0.290 e.